The van der Waals surface area contributed by atoms with Crippen LogP contribution in [0.4, 0.5) is 14.5 Å². The number of amides is 3. The van der Waals surface area contributed by atoms with Crippen LogP contribution in [0.2, 0.25) is 0 Å². The number of aliphatic hydroxyl groups excluding tert-OH is 5. The highest BCUT2D eigenvalue weighted by atomic mass is 19.1. The molecule has 64 heavy (non-hydrogen) atoms. The van der Waals surface area contributed by atoms with Gasteiger partial charge in [-0.25, -0.2) is 8.78 Å². The molecular formula is C44H57F2N3O15. The van der Waals surface area contributed by atoms with E-state index in [0.29, 0.717) is 17.7 Å². The molecule has 0 spiro atoms. The molecule has 8 N–H and O–H groups in total. The van der Waals surface area contributed by atoms with Gasteiger partial charge in [-0.3, -0.25) is 19.2 Å². The van der Waals surface area contributed by atoms with Crippen LogP contribution in [0.15, 0.2) is 72.8 Å². The first-order valence-electron chi connectivity index (χ1n) is 20.7. The predicted octanol–water partition coefficient (Wildman–Crippen LogP) is 0.351. The summed E-state index contributed by atoms with van der Waals surface area (Å²) in [5.74, 6) is -2.75. The largest absolute Gasteiger partial charge is 0.390 e. The fraction of sp³-hybridized carbons (Fsp3) is 0.500. The fourth-order valence-electron chi connectivity index (χ4n) is 6.58. The van der Waals surface area contributed by atoms with Gasteiger partial charge in [0.15, 0.2) is 12.1 Å². The van der Waals surface area contributed by atoms with Crippen molar-refractivity contribution in [2.24, 2.45) is 5.92 Å². The molecule has 6 unspecified atom stereocenters. The first-order chi connectivity index (χ1) is 30.7. The highest BCUT2D eigenvalue weighted by molar-refractivity contribution is 6.03. The number of halogens is 2. The molecule has 3 aromatic carbocycles. The van der Waals surface area contributed by atoms with Gasteiger partial charge in [0.2, 0.25) is 17.7 Å². The van der Waals surface area contributed by atoms with Crippen molar-refractivity contribution in [3.05, 3.63) is 101 Å². The van der Waals surface area contributed by atoms with Crippen LogP contribution in [0.25, 0.3) is 0 Å². The molecule has 3 amide bonds. The number of anilines is 1. The molecule has 20 heteroatoms. The van der Waals surface area contributed by atoms with Gasteiger partial charge in [0.1, 0.15) is 43.7 Å². The minimum absolute atomic E-state index is 0.0301. The lowest BCUT2D eigenvalue weighted by molar-refractivity contribution is -0.178. The van der Waals surface area contributed by atoms with E-state index in [1.807, 2.05) is 24.3 Å². The number of nitrogens with zero attached hydrogens (tertiary/aromatic N) is 1. The second-order valence-corrected chi connectivity index (χ2v) is 14.8. The molecule has 4 rings (SSSR count). The molecule has 0 saturated carbocycles. The lowest BCUT2D eigenvalue weighted by Gasteiger charge is -2.48. The number of ether oxygens (including phenoxy) is 5. The zero-order valence-electron chi connectivity index (χ0n) is 35.1. The predicted molar refractivity (Wildman–Crippen MR) is 222 cm³/mol. The Bertz CT molecular complexity index is 1880. The summed E-state index contributed by atoms with van der Waals surface area (Å²) < 4.78 is 53.5. The Kier molecular flexibility index (Phi) is 22.2. The number of aliphatic hydroxyl groups is 6. The maximum atomic E-state index is 13.7. The van der Waals surface area contributed by atoms with Crippen LogP contribution in [-0.2, 0) is 49.4 Å². The zero-order chi connectivity index (χ0) is 46.4. The van der Waals surface area contributed by atoms with Crippen molar-refractivity contribution >= 4 is 29.2 Å². The number of ketones is 1. The molecule has 1 saturated heterocycles. The quantitative estimate of drug-likeness (QED) is 0.0246. The Hall–Kier alpha value is -4.84. The third-order valence-corrected chi connectivity index (χ3v) is 10.0. The van der Waals surface area contributed by atoms with E-state index in [-0.39, 0.29) is 103 Å². The van der Waals surface area contributed by atoms with Crippen molar-refractivity contribution < 1.29 is 82.3 Å². The Morgan fingerprint density at radius 1 is 0.641 bits per heavy atom. The molecule has 1 heterocycles. The fourth-order valence-corrected chi connectivity index (χ4v) is 6.58. The summed E-state index contributed by atoms with van der Waals surface area (Å²) in [6.07, 6.45) is -8.76. The van der Waals surface area contributed by atoms with Crippen LogP contribution in [0.3, 0.4) is 0 Å². The first-order valence-corrected chi connectivity index (χ1v) is 20.7. The lowest BCUT2D eigenvalue weighted by atomic mass is 9.78. The maximum absolute atomic E-state index is 13.7. The molecule has 1 fully saturated rings. The van der Waals surface area contributed by atoms with Crippen LogP contribution >= 0.6 is 0 Å². The summed E-state index contributed by atoms with van der Waals surface area (Å²) in [4.78, 5) is 51.1. The van der Waals surface area contributed by atoms with Crippen LogP contribution in [0, 0.1) is 17.6 Å². The second kappa shape index (κ2) is 27.5. The third kappa shape index (κ3) is 17.3. The summed E-state index contributed by atoms with van der Waals surface area (Å²) in [7, 11) is 0. The topological polar surface area (TPSA) is 263 Å². The number of β-lactam (4-membered cyclic amide) rings is 1. The van der Waals surface area contributed by atoms with Gasteiger partial charge in [-0.2, -0.15) is 0 Å². The van der Waals surface area contributed by atoms with Gasteiger partial charge in [0, 0.05) is 25.2 Å². The van der Waals surface area contributed by atoms with Gasteiger partial charge in [-0.05, 0) is 65.9 Å². The molecule has 0 bridgehead atoms. The molecule has 352 valence electrons. The zero-order valence-corrected chi connectivity index (χ0v) is 35.1. The number of nitrogens with one attached hydrogen (secondary N) is 2. The number of hydrogen-bond donors (Lipinski definition) is 8. The van der Waals surface area contributed by atoms with E-state index in [2.05, 4.69) is 10.6 Å². The average Bonchev–Trinajstić information content (AvgIpc) is 3.28. The van der Waals surface area contributed by atoms with Crippen molar-refractivity contribution in [1.29, 1.82) is 0 Å². The summed E-state index contributed by atoms with van der Waals surface area (Å²) in [5, 5.41) is 62.3. The minimum atomic E-state index is -2.28. The number of benzene rings is 3. The highest BCUT2D eigenvalue weighted by Gasteiger charge is 2.48. The Labute approximate surface area is 368 Å². The van der Waals surface area contributed by atoms with Crippen molar-refractivity contribution in [3.63, 3.8) is 0 Å². The molecule has 0 radical (unpaired) electrons. The Morgan fingerprint density at radius 3 is 1.77 bits per heavy atom. The van der Waals surface area contributed by atoms with Crippen LogP contribution in [0.5, 0.6) is 0 Å². The summed E-state index contributed by atoms with van der Waals surface area (Å²) >= 11 is 0. The molecular weight excluding hydrogens is 848 g/mol. The van der Waals surface area contributed by atoms with Crippen LogP contribution < -0.4 is 15.5 Å². The van der Waals surface area contributed by atoms with Crippen molar-refractivity contribution in [3.8, 4) is 0 Å². The van der Waals surface area contributed by atoms with E-state index in [9.17, 15) is 48.4 Å². The van der Waals surface area contributed by atoms with E-state index >= 15 is 0 Å². The first kappa shape index (κ1) is 51.8. The monoisotopic (exact) mass is 905 g/mol. The molecule has 0 aromatic heterocycles. The van der Waals surface area contributed by atoms with E-state index in [1.165, 1.54) is 36.4 Å². The third-order valence-electron chi connectivity index (χ3n) is 10.0. The smallest absolute Gasteiger partial charge is 0.246 e. The molecule has 1 aliphatic rings. The van der Waals surface area contributed by atoms with Crippen LogP contribution in [-0.4, -0.2) is 151 Å². The molecule has 0 aliphatic carbocycles. The SMILES string of the molecule is O=C(COCCOCCNC(=O)COCCOCCOCC(=O)NCc1ccc(C2C(CCC(O)c3ccc(F)cc3)C(=O)N2c2ccc(F)cc2)cc1)CC(O)C(O)C(O)C(O)O. The van der Waals surface area contributed by atoms with Gasteiger partial charge in [-0.1, -0.05) is 36.4 Å². The van der Waals surface area contributed by atoms with E-state index in [4.69, 9.17) is 33.9 Å². The molecule has 18 nitrogen and oxygen atoms in total. The number of carbonyl (C=O) groups excluding carboxylic acids is 4. The number of Topliss-reactive ketones (excluding diaryl/α,β-unsaturated/α-hetero) is 1. The molecule has 3 aromatic rings. The lowest BCUT2D eigenvalue weighted by Crippen LogP contribution is -2.55. The standard InChI is InChI=1S/C44H57F2N3O15/c45-31-7-5-29(6-8-31)36(51)14-13-35-40(49(43(35)57)33-11-9-32(46)10-12-33)30-3-1-28(2-4-30)24-48-39(54)27-64-22-19-61-18-21-63-26-38(53)47-15-16-60-17-20-62-25-34(50)23-37(52)41(55)42(56)44(58)59/h1-12,35-37,40-42,44,51-52,55-56,58-59H,13-27H2,(H,47,53)(H,48,54). The minimum Gasteiger partial charge on any atom is -0.390 e. The van der Waals surface area contributed by atoms with E-state index < -0.39 is 67.1 Å². The van der Waals surface area contributed by atoms with Crippen LogP contribution in [0.1, 0.15) is 48.1 Å². The van der Waals surface area contributed by atoms with Gasteiger partial charge < -0.3 is 69.9 Å². The van der Waals surface area contributed by atoms with Gasteiger partial charge in [0.05, 0.1) is 70.4 Å². The molecule has 1 aliphatic heterocycles. The van der Waals surface area contributed by atoms with Crippen molar-refractivity contribution in [2.75, 3.05) is 77.5 Å². The van der Waals surface area contributed by atoms with Gasteiger partial charge >= 0.3 is 0 Å². The van der Waals surface area contributed by atoms with E-state index in [0.717, 1.165) is 11.1 Å². The second-order valence-electron chi connectivity index (χ2n) is 14.8. The number of hydrogen-bond acceptors (Lipinski definition) is 15. The van der Waals surface area contributed by atoms with Gasteiger partial charge in [0.25, 0.3) is 0 Å². The Balaban J connectivity index is 1.02. The summed E-state index contributed by atoms with van der Waals surface area (Å²) in [5.41, 5.74) is 2.73. The summed E-state index contributed by atoms with van der Waals surface area (Å²) in [6.45, 7) is 0.574. The number of rotatable bonds is 31. The van der Waals surface area contributed by atoms with Crippen molar-refractivity contribution in [1.82, 2.24) is 10.6 Å². The van der Waals surface area contributed by atoms with Gasteiger partial charge in [-0.15, -0.1) is 0 Å². The van der Waals surface area contributed by atoms with E-state index in [1.54, 1.807) is 17.0 Å². The molecule has 6 atom stereocenters. The normalized spacial score (nSPS) is 16.8. The van der Waals surface area contributed by atoms with Crippen molar-refractivity contribution in [2.45, 2.75) is 62.6 Å². The Morgan fingerprint density at radius 2 is 1.17 bits per heavy atom. The summed E-state index contributed by atoms with van der Waals surface area (Å²) in [6, 6.07) is 18.3. The number of carbonyl (C=O) groups is 4. The highest BCUT2D eigenvalue weighted by Crippen LogP contribution is 2.46. The average molecular weight is 906 g/mol. The maximum Gasteiger partial charge on any atom is 0.246 e.